The van der Waals surface area contributed by atoms with E-state index in [9.17, 15) is 9.59 Å². The maximum absolute atomic E-state index is 13.5. The first-order valence-electron chi connectivity index (χ1n) is 9.84. The first-order chi connectivity index (χ1) is 14.2. The fourth-order valence-electron chi connectivity index (χ4n) is 3.75. The molecule has 0 aliphatic carbocycles. The molecule has 0 bridgehead atoms. The van der Waals surface area contributed by atoms with Crippen LogP contribution >= 0.6 is 23.2 Å². The van der Waals surface area contributed by atoms with Gasteiger partial charge >= 0.3 is 0 Å². The van der Waals surface area contributed by atoms with Crippen LogP contribution in [0.25, 0.3) is 0 Å². The van der Waals surface area contributed by atoms with E-state index in [0.29, 0.717) is 27.6 Å². The van der Waals surface area contributed by atoms with E-state index in [-0.39, 0.29) is 19.0 Å². The molecule has 2 atom stereocenters. The Labute approximate surface area is 186 Å². The Hall–Kier alpha value is -1.96. The number of imide groups is 1. The highest BCUT2D eigenvalue weighted by molar-refractivity contribution is 6.31. The highest BCUT2D eigenvalue weighted by Crippen LogP contribution is 2.27. The van der Waals surface area contributed by atoms with Gasteiger partial charge in [0.1, 0.15) is 6.04 Å². The molecule has 1 fully saturated rings. The fourth-order valence-corrected chi connectivity index (χ4v) is 4.14. The van der Waals surface area contributed by atoms with Gasteiger partial charge in [-0.15, -0.1) is 0 Å². The average Bonchev–Trinajstić information content (AvgIpc) is 3.18. The molecule has 0 radical (unpaired) electrons. The molecule has 6 nitrogen and oxygen atoms in total. The summed E-state index contributed by atoms with van der Waals surface area (Å²) < 4.78 is 0. The Balaban J connectivity index is 1.98. The normalized spacial score (nSPS) is 19.5. The molecule has 5 N–H and O–H groups in total. The second-order valence-corrected chi connectivity index (χ2v) is 8.61. The molecule has 2 aromatic rings. The zero-order valence-electron chi connectivity index (χ0n) is 16.8. The highest BCUT2D eigenvalue weighted by Gasteiger charge is 2.42. The Morgan fingerprint density at radius 2 is 1.90 bits per heavy atom. The first kappa shape index (κ1) is 22.7. The van der Waals surface area contributed by atoms with Crippen LogP contribution in [-0.4, -0.2) is 28.8 Å². The molecule has 1 heterocycles. The predicted octanol–water partition coefficient (Wildman–Crippen LogP) is 3.15. The van der Waals surface area contributed by atoms with Crippen molar-refractivity contribution in [2.24, 2.45) is 11.5 Å². The maximum atomic E-state index is 13.5. The van der Waals surface area contributed by atoms with Crippen molar-refractivity contribution in [1.29, 1.82) is 0 Å². The standard InChI is InChI=1S/C22H26Cl2N4O2/c1-22(8-3-9-27-22)21(30)28(13-16-11-18(24)7-6-15(16)12-25)20(29)19(26)14-4-2-5-17(23)10-14/h2,4-7,10-11,19,27H,3,8-9,12-13,25-26H2,1H3/t19?,22-/m0/s1. The van der Waals surface area contributed by atoms with Crippen molar-refractivity contribution < 1.29 is 9.59 Å². The minimum Gasteiger partial charge on any atom is -0.326 e. The molecule has 0 spiro atoms. The highest BCUT2D eigenvalue weighted by atomic mass is 35.5. The third-order valence-electron chi connectivity index (χ3n) is 5.54. The molecule has 8 heteroatoms. The van der Waals surface area contributed by atoms with E-state index >= 15 is 0 Å². The third kappa shape index (κ3) is 4.85. The number of nitrogens with two attached hydrogens (primary N) is 2. The fraction of sp³-hybridized carbons (Fsp3) is 0.364. The molecule has 2 amide bonds. The van der Waals surface area contributed by atoms with Crippen molar-refractivity contribution in [1.82, 2.24) is 10.2 Å². The van der Waals surface area contributed by atoms with Crippen molar-refractivity contribution >= 4 is 35.0 Å². The molecule has 0 saturated carbocycles. The zero-order valence-corrected chi connectivity index (χ0v) is 18.3. The first-order valence-corrected chi connectivity index (χ1v) is 10.6. The molecule has 3 rings (SSSR count). The second kappa shape index (κ2) is 9.45. The van der Waals surface area contributed by atoms with Crippen LogP contribution in [0.4, 0.5) is 0 Å². The van der Waals surface area contributed by atoms with Crippen LogP contribution in [-0.2, 0) is 22.7 Å². The molecular formula is C22H26Cl2N4O2. The van der Waals surface area contributed by atoms with E-state index in [0.717, 1.165) is 18.5 Å². The lowest BCUT2D eigenvalue weighted by atomic mass is 9.96. The number of carbonyl (C=O) groups is 2. The Kier molecular flexibility index (Phi) is 7.16. The minimum atomic E-state index is -1.03. The van der Waals surface area contributed by atoms with Crippen molar-refractivity contribution in [3.05, 3.63) is 69.2 Å². The molecule has 1 aliphatic rings. The van der Waals surface area contributed by atoms with Crippen LogP contribution in [0.1, 0.15) is 42.5 Å². The van der Waals surface area contributed by atoms with Gasteiger partial charge in [0.15, 0.2) is 0 Å². The lowest BCUT2D eigenvalue weighted by molar-refractivity contribution is -0.150. The zero-order chi connectivity index (χ0) is 21.9. The largest absolute Gasteiger partial charge is 0.326 e. The van der Waals surface area contributed by atoms with E-state index < -0.39 is 17.5 Å². The Morgan fingerprint density at radius 3 is 2.53 bits per heavy atom. The van der Waals surface area contributed by atoms with Gasteiger partial charge in [-0.2, -0.15) is 0 Å². The van der Waals surface area contributed by atoms with Gasteiger partial charge < -0.3 is 16.8 Å². The van der Waals surface area contributed by atoms with Crippen molar-refractivity contribution in [2.75, 3.05) is 6.54 Å². The summed E-state index contributed by atoms with van der Waals surface area (Å²) in [4.78, 5) is 28.1. The Bertz CT molecular complexity index is 944. The predicted molar refractivity (Wildman–Crippen MR) is 119 cm³/mol. The summed E-state index contributed by atoms with van der Waals surface area (Å²) >= 11 is 12.2. The summed E-state index contributed by atoms with van der Waals surface area (Å²) in [7, 11) is 0. The van der Waals surface area contributed by atoms with Gasteiger partial charge in [-0.1, -0.05) is 41.4 Å². The van der Waals surface area contributed by atoms with Crippen LogP contribution < -0.4 is 16.8 Å². The second-order valence-electron chi connectivity index (χ2n) is 7.74. The van der Waals surface area contributed by atoms with E-state index in [2.05, 4.69) is 5.32 Å². The SMILES string of the molecule is C[C@@]1(C(=O)N(Cc2cc(Cl)ccc2CN)C(=O)C(N)c2cccc(Cl)c2)CCCN1. The summed E-state index contributed by atoms with van der Waals surface area (Å²) in [5, 5.41) is 4.20. The minimum absolute atomic E-state index is 0.0380. The van der Waals surface area contributed by atoms with Crippen LogP contribution in [0.15, 0.2) is 42.5 Å². The molecule has 1 unspecified atom stereocenters. The molecular weight excluding hydrogens is 423 g/mol. The average molecular weight is 449 g/mol. The molecule has 1 saturated heterocycles. The molecule has 1 aliphatic heterocycles. The van der Waals surface area contributed by atoms with E-state index in [4.69, 9.17) is 34.7 Å². The van der Waals surface area contributed by atoms with Gasteiger partial charge in [0.2, 0.25) is 5.91 Å². The summed E-state index contributed by atoms with van der Waals surface area (Å²) in [6, 6.07) is 11.0. The van der Waals surface area contributed by atoms with E-state index in [1.54, 1.807) is 42.5 Å². The van der Waals surface area contributed by atoms with Crippen molar-refractivity contribution in [3.8, 4) is 0 Å². The lowest BCUT2D eigenvalue weighted by Gasteiger charge is -2.32. The van der Waals surface area contributed by atoms with Gasteiger partial charge in [0.25, 0.3) is 5.91 Å². The van der Waals surface area contributed by atoms with Crippen LogP contribution in [0.3, 0.4) is 0 Å². The number of rotatable bonds is 6. The van der Waals surface area contributed by atoms with Crippen LogP contribution in [0.2, 0.25) is 10.0 Å². The summed E-state index contributed by atoms with van der Waals surface area (Å²) in [6.45, 7) is 2.83. The summed E-state index contributed by atoms with van der Waals surface area (Å²) in [5.74, 6) is -0.814. The summed E-state index contributed by atoms with van der Waals surface area (Å²) in [5.41, 5.74) is 13.4. The number of hydrogen-bond acceptors (Lipinski definition) is 5. The van der Waals surface area contributed by atoms with Crippen LogP contribution in [0, 0.1) is 0 Å². The molecule has 0 aromatic heterocycles. The molecule has 160 valence electrons. The van der Waals surface area contributed by atoms with Gasteiger partial charge in [-0.3, -0.25) is 14.5 Å². The van der Waals surface area contributed by atoms with Gasteiger partial charge in [0, 0.05) is 16.6 Å². The van der Waals surface area contributed by atoms with Gasteiger partial charge in [-0.05, 0) is 67.3 Å². The summed E-state index contributed by atoms with van der Waals surface area (Å²) in [6.07, 6.45) is 1.50. The topological polar surface area (TPSA) is 101 Å². The number of carbonyl (C=O) groups excluding carboxylic acids is 2. The van der Waals surface area contributed by atoms with E-state index in [1.807, 2.05) is 6.92 Å². The van der Waals surface area contributed by atoms with Gasteiger partial charge in [-0.25, -0.2) is 0 Å². The third-order valence-corrected chi connectivity index (χ3v) is 6.01. The number of nitrogens with one attached hydrogen (secondary N) is 1. The van der Waals surface area contributed by atoms with Crippen LogP contribution in [0.5, 0.6) is 0 Å². The smallest absolute Gasteiger partial charge is 0.251 e. The monoisotopic (exact) mass is 448 g/mol. The van der Waals surface area contributed by atoms with Crippen molar-refractivity contribution in [2.45, 2.75) is 44.4 Å². The van der Waals surface area contributed by atoms with Crippen molar-refractivity contribution in [3.63, 3.8) is 0 Å². The number of hydrogen-bond donors (Lipinski definition) is 3. The lowest BCUT2D eigenvalue weighted by Crippen LogP contribution is -2.55. The number of nitrogens with zero attached hydrogens (tertiary/aromatic N) is 1. The number of amides is 2. The molecule has 30 heavy (non-hydrogen) atoms. The van der Waals surface area contributed by atoms with E-state index in [1.165, 1.54) is 4.90 Å². The quantitative estimate of drug-likeness (QED) is 0.629. The molecule has 2 aromatic carbocycles. The van der Waals surface area contributed by atoms with Gasteiger partial charge in [0.05, 0.1) is 12.1 Å². The Morgan fingerprint density at radius 1 is 1.17 bits per heavy atom. The number of benzene rings is 2. The maximum Gasteiger partial charge on any atom is 0.251 e. The number of halogens is 2.